The van der Waals surface area contributed by atoms with Crippen molar-refractivity contribution >= 4 is 27.5 Å². The maximum absolute atomic E-state index is 6.02. The Morgan fingerprint density at radius 3 is 2.85 bits per heavy atom. The van der Waals surface area contributed by atoms with Gasteiger partial charge in [0, 0.05) is 29.0 Å². The topological polar surface area (TPSA) is 42.7 Å². The number of aromatic nitrogens is 3. The number of nitrogens with one attached hydrogen (secondary N) is 1. The first-order chi connectivity index (χ1) is 9.61. The maximum atomic E-state index is 6.02. The molecule has 0 radical (unpaired) electrons. The van der Waals surface area contributed by atoms with Crippen molar-refractivity contribution < 1.29 is 0 Å². The molecule has 4 nitrogen and oxygen atoms in total. The molecule has 1 N–H and O–H groups in total. The van der Waals surface area contributed by atoms with Gasteiger partial charge in [0.15, 0.2) is 0 Å². The predicted octanol–water partition coefficient (Wildman–Crippen LogP) is 3.51. The molecule has 0 amide bonds. The fourth-order valence-corrected chi connectivity index (χ4v) is 3.04. The molecule has 0 bridgehead atoms. The lowest BCUT2D eigenvalue weighted by molar-refractivity contribution is 0.505. The van der Waals surface area contributed by atoms with E-state index in [1.165, 1.54) is 5.56 Å². The van der Waals surface area contributed by atoms with Gasteiger partial charge in [-0.15, -0.1) is 0 Å². The number of aryl methyl sites for hydroxylation is 1. The molecular weight excluding hydrogens is 340 g/mol. The Bertz CT molecular complexity index is 570. The van der Waals surface area contributed by atoms with Crippen LogP contribution in [0.5, 0.6) is 0 Å². The summed E-state index contributed by atoms with van der Waals surface area (Å²) in [5.41, 5.74) is 1.19. The molecule has 1 atom stereocenters. The summed E-state index contributed by atoms with van der Waals surface area (Å²) in [6, 6.07) is 6.08. The van der Waals surface area contributed by atoms with Crippen LogP contribution in [0.15, 0.2) is 29.0 Å². The van der Waals surface area contributed by atoms with Crippen LogP contribution in [0.25, 0.3) is 0 Å². The first kappa shape index (κ1) is 15.5. The van der Waals surface area contributed by atoms with Crippen LogP contribution in [0.3, 0.4) is 0 Å². The van der Waals surface area contributed by atoms with Crippen LogP contribution < -0.4 is 5.32 Å². The minimum absolute atomic E-state index is 0.185. The smallest absolute Gasteiger partial charge is 0.138 e. The summed E-state index contributed by atoms with van der Waals surface area (Å²) in [5, 5.41) is 8.41. The first-order valence-corrected chi connectivity index (χ1v) is 7.80. The van der Waals surface area contributed by atoms with Gasteiger partial charge < -0.3 is 5.32 Å². The Morgan fingerprint density at radius 1 is 1.45 bits per heavy atom. The van der Waals surface area contributed by atoms with E-state index in [2.05, 4.69) is 44.3 Å². The van der Waals surface area contributed by atoms with Gasteiger partial charge in [0.2, 0.25) is 0 Å². The lowest BCUT2D eigenvalue weighted by Crippen LogP contribution is -2.25. The van der Waals surface area contributed by atoms with Crippen molar-refractivity contribution in [2.24, 2.45) is 7.05 Å². The molecule has 108 valence electrons. The number of hydrogen-bond donors (Lipinski definition) is 1. The third kappa shape index (κ3) is 3.81. The number of nitrogens with zero attached hydrogens (tertiary/aromatic N) is 3. The summed E-state index contributed by atoms with van der Waals surface area (Å²) in [6.45, 7) is 3.11. The summed E-state index contributed by atoms with van der Waals surface area (Å²) in [6.07, 6.45) is 3.46. The van der Waals surface area contributed by atoms with Gasteiger partial charge in [-0.2, -0.15) is 5.10 Å². The second kappa shape index (κ2) is 7.20. The predicted molar refractivity (Wildman–Crippen MR) is 84.9 cm³/mol. The average Bonchev–Trinajstić information content (AvgIpc) is 2.80. The number of halogens is 2. The molecule has 0 spiro atoms. The minimum Gasteiger partial charge on any atom is -0.310 e. The van der Waals surface area contributed by atoms with Gasteiger partial charge in [-0.3, -0.25) is 4.68 Å². The standard InChI is InChI=1S/C14H18BrClN4/c1-3-6-17-13(8-14-18-9-19-20(14)2)11-5-4-10(16)7-12(11)15/h4-5,7,9,13,17H,3,6,8H2,1-2H3. The molecule has 1 aromatic carbocycles. The van der Waals surface area contributed by atoms with Gasteiger partial charge in [-0.25, -0.2) is 4.98 Å². The highest BCUT2D eigenvalue weighted by molar-refractivity contribution is 9.10. The molecule has 0 fully saturated rings. The Hall–Kier alpha value is -0.910. The molecular formula is C14H18BrClN4. The molecule has 1 heterocycles. The Kier molecular flexibility index (Phi) is 5.57. The Morgan fingerprint density at radius 2 is 2.25 bits per heavy atom. The molecule has 0 aliphatic rings. The summed E-state index contributed by atoms with van der Waals surface area (Å²) in [4.78, 5) is 4.31. The van der Waals surface area contributed by atoms with Crippen LogP contribution in [0, 0.1) is 0 Å². The van der Waals surface area contributed by atoms with Crippen LogP contribution in [0.1, 0.15) is 30.8 Å². The number of hydrogen-bond acceptors (Lipinski definition) is 3. The number of rotatable bonds is 6. The van der Waals surface area contributed by atoms with Crippen LogP contribution in [0.2, 0.25) is 5.02 Å². The third-order valence-electron chi connectivity index (χ3n) is 3.17. The van der Waals surface area contributed by atoms with E-state index in [0.717, 1.165) is 34.7 Å². The molecule has 0 saturated heterocycles. The number of benzene rings is 1. The Balaban J connectivity index is 2.24. The van der Waals surface area contributed by atoms with Gasteiger partial charge in [-0.05, 0) is 30.7 Å². The molecule has 0 saturated carbocycles. The van der Waals surface area contributed by atoms with Gasteiger partial charge >= 0.3 is 0 Å². The highest BCUT2D eigenvalue weighted by atomic mass is 79.9. The first-order valence-electron chi connectivity index (χ1n) is 6.63. The van der Waals surface area contributed by atoms with E-state index >= 15 is 0 Å². The van der Waals surface area contributed by atoms with E-state index in [1.807, 2.05) is 23.9 Å². The molecule has 20 heavy (non-hydrogen) atoms. The summed E-state index contributed by atoms with van der Waals surface area (Å²) in [7, 11) is 1.91. The summed E-state index contributed by atoms with van der Waals surface area (Å²) < 4.78 is 2.82. The van der Waals surface area contributed by atoms with Crippen LogP contribution in [0.4, 0.5) is 0 Å². The monoisotopic (exact) mass is 356 g/mol. The molecule has 2 rings (SSSR count). The molecule has 0 aliphatic carbocycles. The van der Waals surface area contributed by atoms with Crippen molar-refractivity contribution in [2.75, 3.05) is 6.54 Å². The molecule has 6 heteroatoms. The summed E-state index contributed by atoms with van der Waals surface area (Å²) in [5.74, 6) is 0.959. The molecule has 2 aromatic rings. The zero-order valence-electron chi connectivity index (χ0n) is 11.6. The SMILES string of the molecule is CCCNC(Cc1ncnn1C)c1ccc(Cl)cc1Br. The maximum Gasteiger partial charge on any atom is 0.138 e. The zero-order valence-corrected chi connectivity index (χ0v) is 13.9. The lowest BCUT2D eigenvalue weighted by Gasteiger charge is -2.20. The average molecular weight is 358 g/mol. The van der Waals surface area contributed by atoms with Gasteiger partial charge in [-0.1, -0.05) is 40.5 Å². The van der Waals surface area contributed by atoms with Gasteiger partial charge in [0.25, 0.3) is 0 Å². The second-order valence-electron chi connectivity index (χ2n) is 4.68. The van der Waals surface area contributed by atoms with Crippen LogP contribution in [-0.2, 0) is 13.5 Å². The van der Waals surface area contributed by atoms with Crippen molar-refractivity contribution in [3.8, 4) is 0 Å². The quantitative estimate of drug-likeness (QED) is 0.860. The normalized spacial score (nSPS) is 12.6. The summed E-state index contributed by atoms with van der Waals surface area (Å²) >= 11 is 9.61. The highest BCUT2D eigenvalue weighted by Crippen LogP contribution is 2.28. The van der Waals surface area contributed by atoms with E-state index in [0.29, 0.717) is 0 Å². The lowest BCUT2D eigenvalue weighted by atomic mass is 10.0. The van der Waals surface area contributed by atoms with Crippen molar-refractivity contribution in [1.29, 1.82) is 0 Å². The largest absolute Gasteiger partial charge is 0.310 e. The fourth-order valence-electron chi connectivity index (χ4n) is 2.08. The minimum atomic E-state index is 0.185. The fraction of sp³-hybridized carbons (Fsp3) is 0.429. The Labute approximate surface area is 132 Å². The second-order valence-corrected chi connectivity index (χ2v) is 5.97. The van der Waals surface area contributed by atoms with Gasteiger partial charge in [0.05, 0.1) is 0 Å². The molecule has 1 unspecified atom stereocenters. The highest BCUT2D eigenvalue weighted by Gasteiger charge is 2.17. The van der Waals surface area contributed by atoms with Crippen LogP contribution in [-0.4, -0.2) is 21.3 Å². The van der Waals surface area contributed by atoms with Crippen molar-refractivity contribution in [1.82, 2.24) is 20.1 Å². The van der Waals surface area contributed by atoms with Crippen molar-refractivity contribution in [3.63, 3.8) is 0 Å². The van der Waals surface area contributed by atoms with Crippen molar-refractivity contribution in [3.05, 3.63) is 45.4 Å². The van der Waals surface area contributed by atoms with Crippen LogP contribution >= 0.6 is 27.5 Å². The van der Waals surface area contributed by atoms with E-state index < -0.39 is 0 Å². The zero-order chi connectivity index (χ0) is 14.5. The van der Waals surface area contributed by atoms with Crippen molar-refractivity contribution in [2.45, 2.75) is 25.8 Å². The molecule has 1 aromatic heterocycles. The van der Waals surface area contributed by atoms with E-state index in [-0.39, 0.29) is 6.04 Å². The third-order valence-corrected chi connectivity index (χ3v) is 4.09. The van der Waals surface area contributed by atoms with E-state index in [1.54, 1.807) is 6.33 Å². The molecule has 0 aliphatic heterocycles. The van der Waals surface area contributed by atoms with E-state index in [4.69, 9.17) is 11.6 Å². The van der Waals surface area contributed by atoms with Gasteiger partial charge in [0.1, 0.15) is 12.2 Å². The van der Waals surface area contributed by atoms with E-state index in [9.17, 15) is 0 Å².